The van der Waals surface area contributed by atoms with Crippen LogP contribution in [0.25, 0.3) is 11.0 Å². The topological polar surface area (TPSA) is 21.1 Å². The molecule has 0 N–H and O–H groups in total. The highest BCUT2D eigenvalue weighted by molar-refractivity contribution is 6.42. The van der Waals surface area contributed by atoms with E-state index in [1.54, 1.807) is 6.07 Å². The lowest BCUT2D eigenvalue weighted by atomic mass is 10.3. The molecule has 1 unspecified atom stereocenters. The van der Waals surface area contributed by atoms with E-state index in [4.69, 9.17) is 34.8 Å². The normalized spacial score (nSPS) is 13.3. The molecule has 0 aliphatic heterocycles. The Hall–Kier alpha value is -0.480. The first-order valence-electron chi connectivity index (χ1n) is 6.54. The first kappa shape index (κ1) is 15.9. The highest BCUT2D eigenvalue weighted by Gasteiger charge is 2.16. The van der Waals surface area contributed by atoms with Crippen molar-refractivity contribution in [2.24, 2.45) is 0 Å². The predicted molar refractivity (Wildman–Crippen MR) is 87.2 cm³/mol. The van der Waals surface area contributed by atoms with E-state index < -0.39 is 0 Å². The second-order valence-corrected chi connectivity index (χ2v) is 6.62. The molecule has 0 amide bonds. The van der Waals surface area contributed by atoms with Crippen LogP contribution in [0.15, 0.2) is 12.1 Å². The summed E-state index contributed by atoms with van der Waals surface area (Å²) in [5, 5.41) is 0.909. The molecule has 0 saturated carbocycles. The van der Waals surface area contributed by atoms with E-state index >= 15 is 0 Å². The molecule has 2 rings (SSSR count). The van der Waals surface area contributed by atoms with E-state index in [0.717, 1.165) is 36.4 Å². The average Bonchev–Trinajstić information content (AvgIpc) is 2.68. The molecular weight excluding hydrogens is 317 g/mol. The van der Waals surface area contributed by atoms with Gasteiger partial charge in [-0.1, -0.05) is 23.2 Å². The quantitative estimate of drug-likeness (QED) is 0.745. The first-order valence-corrected chi connectivity index (χ1v) is 7.73. The molecule has 20 heavy (non-hydrogen) atoms. The van der Waals surface area contributed by atoms with Gasteiger partial charge in [-0.05, 0) is 46.1 Å². The Bertz CT molecular complexity index is 605. The van der Waals surface area contributed by atoms with Gasteiger partial charge in [-0.3, -0.25) is 0 Å². The van der Waals surface area contributed by atoms with Gasteiger partial charge < -0.3 is 9.47 Å². The third kappa shape index (κ3) is 3.40. The molecule has 2 aromatic rings. The van der Waals surface area contributed by atoms with Crippen molar-refractivity contribution in [2.45, 2.75) is 25.3 Å². The van der Waals surface area contributed by atoms with Crippen molar-refractivity contribution in [1.82, 2.24) is 14.5 Å². The predicted octanol–water partition coefficient (Wildman–Crippen LogP) is 4.59. The Morgan fingerprint density at radius 1 is 1.25 bits per heavy atom. The molecule has 1 atom stereocenters. The minimum atomic E-state index is -0.153. The van der Waals surface area contributed by atoms with Crippen LogP contribution >= 0.6 is 34.8 Å². The summed E-state index contributed by atoms with van der Waals surface area (Å²) < 4.78 is 2.14. The van der Waals surface area contributed by atoms with Crippen molar-refractivity contribution in [3.05, 3.63) is 28.0 Å². The van der Waals surface area contributed by atoms with E-state index in [0.29, 0.717) is 10.0 Å². The summed E-state index contributed by atoms with van der Waals surface area (Å²) >= 11 is 18.4. The minimum absolute atomic E-state index is 0.153. The van der Waals surface area contributed by atoms with Crippen LogP contribution in [0.5, 0.6) is 0 Å². The summed E-state index contributed by atoms with van der Waals surface area (Å²) in [6.45, 7) is 3.80. The molecule has 0 bridgehead atoms. The third-order valence-corrected chi connectivity index (χ3v) is 4.08. The van der Waals surface area contributed by atoms with Crippen molar-refractivity contribution in [3.63, 3.8) is 0 Å². The summed E-state index contributed by atoms with van der Waals surface area (Å²) in [5.74, 6) is 0.860. The summed E-state index contributed by atoms with van der Waals surface area (Å²) in [6.07, 6.45) is 1.02. The zero-order chi connectivity index (χ0) is 14.9. The number of alkyl halides is 1. The largest absolute Gasteiger partial charge is 0.327 e. The van der Waals surface area contributed by atoms with Crippen LogP contribution < -0.4 is 0 Å². The number of imidazole rings is 1. The van der Waals surface area contributed by atoms with Gasteiger partial charge in [-0.25, -0.2) is 4.98 Å². The molecule has 1 aromatic heterocycles. The van der Waals surface area contributed by atoms with Gasteiger partial charge in [0.05, 0.1) is 26.5 Å². The Kier molecular flexibility index (Phi) is 5.19. The van der Waals surface area contributed by atoms with Crippen LogP contribution in [0.2, 0.25) is 10.0 Å². The van der Waals surface area contributed by atoms with Crippen molar-refractivity contribution < 1.29 is 0 Å². The van der Waals surface area contributed by atoms with Gasteiger partial charge >= 0.3 is 0 Å². The molecule has 0 fully saturated rings. The number of rotatable bonds is 5. The SMILES string of the molecule is CC(Cl)c1nc2cc(Cl)c(Cl)cc2n1CCCN(C)C. The standard InChI is InChI=1S/C14H18Cl3N3/c1-9(15)14-18-12-7-10(16)11(17)8-13(12)20(14)6-4-5-19(2)3/h7-9H,4-6H2,1-3H3. The van der Waals surface area contributed by atoms with Crippen LogP contribution in [-0.4, -0.2) is 35.1 Å². The molecular formula is C14H18Cl3N3. The molecule has 110 valence electrons. The summed E-state index contributed by atoms with van der Waals surface area (Å²) in [4.78, 5) is 6.75. The molecule has 1 heterocycles. The van der Waals surface area contributed by atoms with Gasteiger partial charge in [-0.2, -0.15) is 0 Å². The Morgan fingerprint density at radius 2 is 1.90 bits per heavy atom. The molecule has 0 aliphatic rings. The Labute approximate surface area is 134 Å². The third-order valence-electron chi connectivity index (χ3n) is 3.16. The maximum atomic E-state index is 6.24. The van der Waals surface area contributed by atoms with Crippen LogP contribution in [0.4, 0.5) is 0 Å². The number of hydrogen-bond acceptors (Lipinski definition) is 2. The number of aryl methyl sites for hydroxylation is 1. The van der Waals surface area contributed by atoms with Crippen molar-refractivity contribution in [3.8, 4) is 0 Å². The van der Waals surface area contributed by atoms with Gasteiger partial charge in [0.2, 0.25) is 0 Å². The first-order chi connectivity index (χ1) is 9.40. The van der Waals surface area contributed by atoms with Crippen LogP contribution in [-0.2, 0) is 6.54 Å². The summed E-state index contributed by atoms with van der Waals surface area (Å²) in [7, 11) is 4.13. The lowest BCUT2D eigenvalue weighted by molar-refractivity contribution is 0.386. The highest BCUT2D eigenvalue weighted by Crippen LogP contribution is 2.31. The fourth-order valence-electron chi connectivity index (χ4n) is 2.22. The van der Waals surface area contributed by atoms with E-state index in [2.05, 4.69) is 28.5 Å². The Morgan fingerprint density at radius 3 is 2.50 bits per heavy atom. The van der Waals surface area contributed by atoms with E-state index in [-0.39, 0.29) is 5.38 Å². The fourth-order valence-corrected chi connectivity index (χ4v) is 2.70. The molecule has 1 aromatic carbocycles. The second kappa shape index (κ2) is 6.52. The van der Waals surface area contributed by atoms with Gasteiger partial charge in [0, 0.05) is 6.54 Å². The average molecular weight is 335 g/mol. The molecule has 0 radical (unpaired) electrons. The number of halogens is 3. The second-order valence-electron chi connectivity index (χ2n) is 5.15. The number of hydrogen-bond donors (Lipinski definition) is 0. The fraction of sp³-hybridized carbons (Fsp3) is 0.500. The zero-order valence-electron chi connectivity index (χ0n) is 11.8. The van der Waals surface area contributed by atoms with Gasteiger partial charge in [0.15, 0.2) is 0 Å². The zero-order valence-corrected chi connectivity index (χ0v) is 14.1. The summed E-state index contributed by atoms with van der Waals surface area (Å²) in [6, 6.07) is 3.66. The van der Waals surface area contributed by atoms with E-state index in [1.165, 1.54) is 0 Å². The monoisotopic (exact) mass is 333 g/mol. The molecule has 0 spiro atoms. The van der Waals surface area contributed by atoms with Gasteiger partial charge in [0.1, 0.15) is 5.82 Å². The highest BCUT2D eigenvalue weighted by atomic mass is 35.5. The maximum absolute atomic E-state index is 6.24. The van der Waals surface area contributed by atoms with Crippen molar-refractivity contribution in [2.75, 3.05) is 20.6 Å². The lowest BCUT2D eigenvalue weighted by Gasteiger charge is -2.13. The Balaban J connectivity index is 2.42. The number of nitrogens with zero attached hydrogens (tertiary/aromatic N) is 3. The van der Waals surface area contributed by atoms with Crippen molar-refractivity contribution >= 4 is 45.8 Å². The van der Waals surface area contributed by atoms with Gasteiger partial charge in [-0.15, -0.1) is 11.6 Å². The van der Waals surface area contributed by atoms with E-state index in [9.17, 15) is 0 Å². The van der Waals surface area contributed by atoms with E-state index in [1.807, 2.05) is 13.0 Å². The van der Waals surface area contributed by atoms with Crippen LogP contribution in [0.1, 0.15) is 24.5 Å². The van der Waals surface area contributed by atoms with Crippen LogP contribution in [0, 0.1) is 0 Å². The number of fused-ring (bicyclic) bond motifs is 1. The molecule has 6 heteroatoms. The van der Waals surface area contributed by atoms with Crippen LogP contribution in [0.3, 0.4) is 0 Å². The molecule has 0 aliphatic carbocycles. The number of aromatic nitrogens is 2. The minimum Gasteiger partial charge on any atom is -0.327 e. The lowest BCUT2D eigenvalue weighted by Crippen LogP contribution is -2.16. The number of benzene rings is 1. The molecule has 0 saturated heterocycles. The maximum Gasteiger partial charge on any atom is 0.127 e. The summed E-state index contributed by atoms with van der Waals surface area (Å²) in [5.41, 5.74) is 1.83. The molecule has 3 nitrogen and oxygen atoms in total. The van der Waals surface area contributed by atoms with Gasteiger partial charge in [0.25, 0.3) is 0 Å². The smallest absolute Gasteiger partial charge is 0.127 e. The van der Waals surface area contributed by atoms with Crippen molar-refractivity contribution in [1.29, 1.82) is 0 Å².